The van der Waals surface area contributed by atoms with Crippen molar-refractivity contribution in [1.82, 2.24) is 5.43 Å². The van der Waals surface area contributed by atoms with E-state index in [1.165, 1.54) is 18.2 Å². The third kappa shape index (κ3) is 3.15. The van der Waals surface area contributed by atoms with E-state index in [1.807, 2.05) is 6.92 Å². The minimum Gasteiger partial charge on any atom is -0.271 e. The fraction of sp³-hybridized carbons (Fsp3) is 0.200. The Kier molecular flexibility index (Phi) is 4.70. The van der Waals surface area contributed by atoms with E-state index in [-0.39, 0.29) is 10.8 Å². The van der Waals surface area contributed by atoms with Gasteiger partial charge in [0, 0.05) is 5.56 Å². The monoisotopic (exact) mass is 296 g/mol. The Morgan fingerprint density at radius 2 is 2.00 bits per heavy atom. The second-order valence-corrected chi connectivity index (χ2v) is 5.04. The number of halogens is 3. The van der Waals surface area contributed by atoms with Crippen LogP contribution in [0.4, 0.5) is 8.78 Å². The molecule has 0 spiro atoms. The highest BCUT2D eigenvalue weighted by Crippen LogP contribution is 2.26. The number of benzene rings is 2. The van der Waals surface area contributed by atoms with Crippen LogP contribution in [0.1, 0.15) is 22.7 Å². The van der Waals surface area contributed by atoms with Gasteiger partial charge in [-0.2, -0.15) is 0 Å². The lowest BCUT2D eigenvalue weighted by Gasteiger charge is -2.18. The van der Waals surface area contributed by atoms with Gasteiger partial charge in [0.25, 0.3) is 0 Å². The van der Waals surface area contributed by atoms with Gasteiger partial charge >= 0.3 is 0 Å². The molecule has 0 aliphatic heterocycles. The largest absolute Gasteiger partial charge is 0.271 e. The minimum atomic E-state index is -0.508. The highest BCUT2D eigenvalue weighted by molar-refractivity contribution is 6.30. The van der Waals surface area contributed by atoms with Gasteiger partial charge in [-0.05, 0) is 42.7 Å². The normalized spacial score (nSPS) is 12.4. The molecule has 0 amide bonds. The average Bonchev–Trinajstić information content (AvgIpc) is 2.43. The van der Waals surface area contributed by atoms with E-state index in [1.54, 1.807) is 18.2 Å². The van der Waals surface area contributed by atoms with Gasteiger partial charge in [-0.25, -0.2) is 8.78 Å². The molecule has 1 unspecified atom stereocenters. The Labute approximate surface area is 121 Å². The van der Waals surface area contributed by atoms with E-state index in [0.717, 1.165) is 11.1 Å². The Hall–Kier alpha value is -1.49. The predicted octanol–water partition coefficient (Wildman–Crippen LogP) is 3.67. The van der Waals surface area contributed by atoms with E-state index >= 15 is 0 Å². The van der Waals surface area contributed by atoms with Crippen LogP contribution in [0.3, 0.4) is 0 Å². The number of nitrogens with one attached hydrogen (secondary N) is 1. The summed E-state index contributed by atoms with van der Waals surface area (Å²) in [6.07, 6.45) is 0.372. The standard InChI is InChI=1S/C15H15ClF2N2/c1-9-5-6-11(17)7-10(9)8-14(20-19)12-3-2-4-13(16)15(12)18/h2-7,14,20H,8,19H2,1H3. The van der Waals surface area contributed by atoms with Crippen molar-refractivity contribution in [1.29, 1.82) is 0 Å². The SMILES string of the molecule is Cc1ccc(F)cc1CC(NN)c1cccc(Cl)c1F. The summed E-state index contributed by atoms with van der Waals surface area (Å²) < 4.78 is 27.3. The zero-order valence-corrected chi connectivity index (χ0v) is 11.7. The van der Waals surface area contributed by atoms with Crippen LogP contribution in [0.25, 0.3) is 0 Å². The molecular weight excluding hydrogens is 282 g/mol. The Balaban J connectivity index is 2.34. The van der Waals surface area contributed by atoms with Crippen LogP contribution in [-0.4, -0.2) is 0 Å². The first-order chi connectivity index (χ1) is 9.52. The number of nitrogens with two attached hydrogens (primary N) is 1. The quantitative estimate of drug-likeness (QED) is 0.667. The van der Waals surface area contributed by atoms with Crippen LogP contribution in [-0.2, 0) is 6.42 Å². The minimum absolute atomic E-state index is 0.0405. The summed E-state index contributed by atoms with van der Waals surface area (Å²) in [4.78, 5) is 0. The molecule has 1 atom stereocenters. The Morgan fingerprint density at radius 3 is 2.70 bits per heavy atom. The average molecular weight is 297 g/mol. The van der Waals surface area contributed by atoms with Gasteiger partial charge in [-0.15, -0.1) is 0 Å². The van der Waals surface area contributed by atoms with Crippen LogP contribution in [0.5, 0.6) is 0 Å². The molecule has 2 rings (SSSR count). The van der Waals surface area contributed by atoms with Crippen molar-refractivity contribution in [2.45, 2.75) is 19.4 Å². The first-order valence-electron chi connectivity index (χ1n) is 6.18. The molecule has 0 radical (unpaired) electrons. The van der Waals surface area contributed by atoms with E-state index < -0.39 is 11.9 Å². The van der Waals surface area contributed by atoms with Crippen molar-refractivity contribution in [3.63, 3.8) is 0 Å². The third-order valence-electron chi connectivity index (χ3n) is 3.29. The molecule has 20 heavy (non-hydrogen) atoms. The van der Waals surface area contributed by atoms with Gasteiger partial charge in [0.05, 0.1) is 11.1 Å². The van der Waals surface area contributed by atoms with E-state index in [2.05, 4.69) is 5.43 Å². The Morgan fingerprint density at radius 1 is 1.25 bits per heavy atom. The topological polar surface area (TPSA) is 38.0 Å². The van der Waals surface area contributed by atoms with Crippen molar-refractivity contribution in [3.05, 3.63) is 69.7 Å². The lowest BCUT2D eigenvalue weighted by molar-refractivity contribution is 0.508. The van der Waals surface area contributed by atoms with E-state index in [9.17, 15) is 8.78 Å². The maximum atomic E-state index is 14.0. The second-order valence-electron chi connectivity index (χ2n) is 4.64. The highest BCUT2D eigenvalue weighted by Gasteiger charge is 2.18. The summed E-state index contributed by atoms with van der Waals surface area (Å²) in [7, 11) is 0. The van der Waals surface area contributed by atoms with Crippen LogP contribution in [0, 0.1) is 18.6 Å². The molecule has 0 bridgehead atoms. The van der Waals surface area contributed by atoms with Gasteiger partial charge in [0.1, 0.15) is 11.6 Å². The molecule has 0 saturated carbocycles. The molecule has 106 valence electrons. The number of hydrogen-bond acceptors (Lipinski definition) is 2. The Bertz CT molecular complexity index is 617. The van der Waals surface area contributed by atoms with Crippen molar-refractivity contribution in [2.24, 2.45) is 5.84 Å². The second kappa shape index (κ2) is 6.31. The number of rotatable bonds is 4. The molecule has 0 saturated heterocycles. The summed E-state index contributed by atoms with van der Waals surface area (Å²) in [5.74, 6) is 4.67. The first-order valence-corrected chi connectivity index (χ1v) is 6.55. The summed E-state index contributed by atoms with van der Waals surface area (Å²) in [5, 5.41) is 0.0405. The molecule has 5 heteroatoms. The first kappa shape index (κ1) is 14.9. The molecule has 0 aliphatic carbocycles. The highest BCUT2D eigenvalue weighted by atomic mass is 35.5. The molecule has 2 aromatic rings. The molecule has 0 aliphatic rings. The van der Waals surface area contributed by atoms with Gasteiger partial charge in [0.2, 0.25) is 0 Å². The van der Waals surface area contributed by atoms with Crippen LogP contribution in [0.15, 0.2) is 36.4 Å². The van der Waals surface area contributed by atoms with Gasteiger partial charge in [-0.3, -0.25) is 11.3 Å². The molecule has 2 aromatic carbocycles. The number of aryl methyl sites for hydroxylation is 1. The zero-order chi connectivity index (χ0) is 14.7. The lowest BCUT2D eigenvalue weighted by atomic mass is 9.96. The number of hydrazine groups is 1. The predicted molar refractivity (Wildman–Crippen MR) is 76.3 cm³/mol. The molecule has 3 N–H and O–H groups in total. The van der Waals surface area contributed by atoms with Gasteiger partial charge in [0.15, 0.2) is 0 Å². The van der Waals surface area contributed by atoms with Crippen LogP contribution < -0.4 is 11.3 Å². The summed E-state index contributed by atoms with van der Waals surface area (Å²) in [6.45, 7) is 1.87. The molecule has 0 heterocycles. The fourth-order valence-electron chi connectivity index (χ4n) is 2.13. The van der Waals surface area contributed by atoms with Gasteiger partial charge in [-0.1, -0.05) is 29.8 Å². The van der Waals surface area contributed by atoms with Crippen molar-refractivity contribution < 1.29 is 8.78 Å². The molecule has 0 fully saturated rings. The smallest absolute Gasteiger partial charge is 0.146 e. The maximum absolute atomic E-state index is 14.0. The third-order valence-corrected chi connectivity index (χ3v) is 3.59. The van der Waals surface area contributed by atoms with E-state index in [0.29, 0.717) is 12.0 Å². The maximum Gasteiger partial charge on any atom is 0.146 e. The van der Waals surface area contributed by atoms with Crippen molar-refractivity contribution in [2.75, 3.05) is 0 Å². The van der Waals surface area contributed by atoms with Crippen molar-refractivity contribution >= 4 is 11.6 Å². The van der Waals surface area contributed by atoms with Gasteiger partial charge < -0.3 is 0 Å². The number of hydrogen-bond donors (Lipinski definition) is 2. The molecule has 2 nitrogen and oxygen atoms in total. The lowest BCUT2D eigenvalue weighted by Crippen LogP contribution is -2.30. The van der Waals surface area contributed by atoms with Crippen LogP contribution >= 0.6 is 11.6 Å². The summed E-state index contributed by atoms with van der Waals surface area (Å²) in [5.41, 5.74) is 4.62. The summed E-state index contributed by atoms with van der Waals surface area (Å²) in [6, 6.07) is 8.78. The fourth-order valence-corrected chi connectivity index (χ4v) is 2.31. The van der Waals surface area contributed by atoms with E-state index in [4.69, 9.17) is 17.4 Å². The molecular formula is C15H15ClF2N2. The van der Waals surface area contributed by atoms with Crippen molar-refractivity contribution in [3.8, 4) is 0 Å². The zero-order valence-electron chi connectivity index (χ0n) is 11.0. The summed E-state index contributed by atoms with van der Waals surface area (Å²) >= 11 is 5.77. The molecule has 0 aromatic heterocycles. The van der Waals surface area contributed by atoms with Crippen LogP contribution in [0.2, 0.25) is 5.02 Å².